The van der Waals surface area contributed by atoms with E-state index in [1.165, 1.54) is 0 Å². The van der Waals surface area contributed by atoms with Crippen LogP contribution in [0.2, 0.25) is 0 Å². The maximum atomic E-state index is 5.61. The fraction of sp³-hybridized carbons (Fsp3) is 0.417. The lowest BCUT2D eigenvalue weighted by Gasteiger charge is -2.20. The van der Waals surface area contributed by atoms with Gasteiger partial charge in [-0.2, -0.15) is 0 Å². The summed E-state index contributed by atoms with van der Waals surface area (Å²) in [5.74, 6) is 0.995. The summed E-state index contributed by atoms with van der Waals surface area (Å²) in [5, 5.41) is 0. The Bertz CT molecular complexity index is 439. The van der Waals surface area contributed by atoms with Crippen molar-refractivity contribution < 1.29 is 0 Å². The average molecular weight is 218 g/mol. The van der Waals surface area contributed by atoms with Crippen molar-refractivity contribution in [2.75, 3.05) is 6.54 Å². The molecule has 0 saturated carbocycles. The van der Waals surface area contributed by atoms with Crippen molar-refractivity contribution in [3.05, 3.63) is 30.5 Å². The third kappa shape index (κ3) is 2.02. The normalized spacial score (nSPS) is 11.9. The molecule has 2 aromatic heterocycles. The molecule has 2 aromatic rings. The summed E-state index contributed by atoms with van der Waals surface area (Å²) in [7, 11) is 0. The van der Waals surface area contributed by atoms with Gasteiger partial charge in [-0.25, -0.2) is 4.98 Å². The maximum absolute atomic E-state index is 5.61. The standard InChI is InChI=1S/C12H18N4/c1-12(2,4-5-13)11-15-8-10(16-11)9-3-6-14-7-9/h3,6-8,14H,4-5,13H2,1-2H3,(H,15,16). The number of imidazole rings is 1. The highest BCUT2D eigenvalue weighted by atomic mass is 14.9. The molecule has 0 aliphatic carbocycles. The Morgan fingerprint density at radius 2 is 2.25 bits per heavy atom. The van der Waals surface area contributed by atoms with Crippen molar-refractivity contribution >= 4 is 0 Å². The second kappa shape index (κ2) is 4.14. The first-order chi connectivity index (χ1) is 7.63. The predicted octanol–water partition coefficient (Wildman–Crippen LogP) is 2.03. The number of aromatic nitrogens is 3. The van der Waals surface area contributed by atoms with Gasteiger partial charge in [0.1, 0.15) is 5.82 Å². The Morgan fingerprint density at radius 1 is 1.44 bits per heavy atom. The molecule has 16 heavy (non-hydrogen) atoms. The zero-order chi connectivity index (χ0) is 11.6. The van der Waals surface area contributed by atoms with Gasteiger partial charge in [-0.15, -0.1) is 0 Å². The van der Waals surface area contributed by atoms with E-state index in [9.17, 15) is 0 Å². The molecule has 4 nitrogen and oxygen atoms in total. The highest BCUT2D eigenvalue weighted by Crippen LogP contribution is 2.26. The molecule has 0 unspecified atom stereocenters. The topological polar surface area (TPSA) is 70.5 Å². The molecule has 0 fully saturated rings. The quantitative estimate of drug-likeness (QED) is 0.734. The first kappa shape index (κ1) is 11.0. The van der Waals surface area contributed by atoms with Crippen molar-refractivity contribution in [3.8, 4) is 11.3 Å². The second-order valence-corrected chi connectivity index (χ2v) is 4.67. The lowest BCUT2D eigenvalue weighted by molar-refractivity contribution is 0.462. The van der Waals surface area contributed by atoms with Crippen LogP contribution in [0.25, 0.3) is 11.3 Å². The molecule has 0 bridgehead atoms. The van der Waals surface area contributed by atoms with E-state index in [-0.39, 0.29) is 5.41 Å². The van der Waals surface area contributed by atoms with Crippen LogP contribution in [-0.4, -0.2) is 21.5 Å². The van der Waals surface area contributed by atoms with E-state index in [0.29, 0.717) is 6.54 Å². The van der Waals surface area contributed by atoms with Crippen LogP contribution < -0.4 is 5.73 Å². The summed E-state index contributed by atoms with van der Waals surface area (Å²) in [6.07, 6.45) is 6.65. The van der Waals surface area contributed by atoms with Crippen molar-refractivity contribution in [1.29, 1.82) is 0 Å². The van der Waals surface area contributed by atoms with E-state index in [1.54, 1.807) is 0 Å². The lowest BCUT2D eigenvalue weighted by Crippen LogP contribution is -2.23. The summed E-state index contributed by atoms with van der Waals surface area (Å²) in [6, 6.07) is 2.02. The van der Waals surface area contributed by atoms with Gasteiger partial charge in [0.15, 0.2) is 0 Å². The van der Waals surface area contributed by atoms with Gasteiger partial charge in [0.25, 0.3) is 0 Å². The summed E-state index contributed by atoms with van der Waals surface area (Å²) < 4.78 is 0. The Kier molecular flexibility index (Phi) is 2.83. The SMILES string of the molecule is CC(C)(CCN)c1ncc(-c2cc[nH]c2)[nH]1. The molecular weight excluding hydrogens is 200 g/mol. The fourth-order valence-electron chi connectivity index (χ4n) is 1.78. The van der Waals surface area contributed by atoms with Crippen molar-refractivity contribution in [2.24, 2.45) is 5.73 Å². The summed E-state index contributed by atoms with van der Waals surface area (Å²) >= 11 is 0. The van der Waals surface area contributed by atoms with Gasteiger partial charge < -0.3 is 15.7 Å². The largest absolute Gasteiger partial charge is 0.367 e. The highest BCUT2D eigenvalue weighted by Gasteiger charge is 2.23. The van der Waals surface area contributed by atoms with Crippen LogP contribution in [-0.2, 0) is 5.41 Å². The Hall–Kier alpha value is -1.55. The monoisotopic (exact) mass is 218 g/mol. The molecule has 4 N–H and O–H groups in total. The Labute approximate surface area is 95.3 Å². The number of hydrogen-bond acceptors (Lipinski definition) is 2. The minimum Gasteiger partial charge on any atom is -0.367 e. The minimum absolute atomic E-state index is 0.00328. The third-order valence-corrected chi connectivity index (χ3v) is 2.90. The Morgan fingerprint density at radius 3 is 2.88 bits per heavy atom. The van der Waals surface area contributed by atoms with Crippen LogP contribution in [0.3, 0.4) is 0 Å². The van der Waals surface area contributed by atoms with Gasteiger partial charge in [-0.1, -0.05) is 13.8 Å². The summed E-state index contributed by atoms with van der Waals surface area (Å²) in [6.45, 7) is 4.98. The van der Waals surface area contributed by atoms with Crippen LogP contribution in [0.5, 0.6) is 0 Å². The van der Waals surface area contributed by atoms with Crippen molar-refractivity contribution in [1.82, 2.24) is 15.0 Å². The van der Waals surface area contributed by atoms with Crippen LogP contribution in [0, 0.1) is 0 Å². The molecule has 2 heterocycles. The number of H-pyrrole nitrogens is 2. The molecule has 0 aromatic carbocycles. The van der Waals surface area contributed by atoms with Gasteiger partial charge >= 0.3 is 0 Å². The van der Waals surface area contributed by atoms with Gasteiger partial charge in [-0.3, -0.25) is 0 Å². The summed E-state index contributed by atoms with van der Waals surface area (Å²) in [5.41, 5.74) is 7.78. The first-order valence-electron chi connectivity index (χ1n) is 5.52. The van der Waals surface area contributed by atoms with E-state index in [2.05, 4.69) is 28.8 Å². The number of nitrogens with one attached hydrogen (secondary N) is 2. The molecule has 0 amide bonds. The molecule has 0 atom stereocenters. The highest BCUT2D eigenvalue weighted by molar-refractivity contribution is 5.57. The molecule has 0 spiro atoms. The molecule has 0 saturated heterocycles. The van der Waals surface area contributed by atoms with Gasteiger partial charge in [-0.05, 0) is 19.0 Å². The van der Waals surface area contributed by atoms with E-state index in [4.69, 9.17) is 5.73 Å². The van der Waals surface area contributed by atoms with Gasteiger partial charge in [0, 0.05) is 23.4 Å². The molecule has 4 heteroatoms. The van der Waals surface area contributed by atoms with E-state index in [1.807, 2.05) is 24.7 Å². The van der Waals surface area contributed by atoms with Gasteiger partial charge in [0.2, 0.25) is 0 Å². The zero-order valence-electron chi connectivity index (χ0n) is 9.75. The summed E-state index contributed by atoms with van der Waals surface area (Å²) in [4.78, 5) is 10.8. The fourth-order valence-corrected chi connectivity index (χ4v) is 1.78. The molecule has 0 aliphatic rings. The van der Waals surface area contributed by atoms with E-state index < -0.39 is 0 Å². The zero-order valence-corrected chi connectivity index (χ0v) is 9.75. The Balaban J connectivity index is 2.26. The van der Waals surface area contributed by atoms with E-state index in [0.717, 1.165) is 23.5 Å². The molecule has 0 radical (unpaired) electrons. The second-order valence-electron chi connectivity index (χ2n) is 4.67. The number of nitrogens with two attached hydrogens (primary N) is 1. The predicted molar refractivity (Wildman–Crippen MR) is 65.1 cm³/mol. The van der Waals surface area contributed by atoms with Gasteiger partial charge in [0.05, 0.1) is 11.9 Å². The van der Waals surface area contributed by atoms with E-state index >= 15 is 0 Å². The molecule has 86 valence electrons. The lowest BCUT2D eigenvalue weighted by atomic mass is 9.88. The average Bonchev–Trinajstić information content (AvgIpc) is 2.89. The van der Waals surface area contributed by atoms with Crippen molar-refractivity contribution in [2.45, 2.75) is 25.7 Å². The molecule has 0 aliphatic heterocycles. The van der Waals surface area contributed by atoms with Crippen LogP contribution in [0.15, 0.2) is 24.7 Å². The maximum Gasteiger partial charge on any atom is 0.112 e. The third-order valence-electron chi connectivity index (χ3n) is 2.90. The molecule has 2 rings (SSSR count). The first-order valence-corrected chi connectivity index (χ1v) is 5.52. The minimum atomic E-state index is 0.00328. The number of hydrogen-bond donors (Lipinski definition) is 3. The number of rotatable bonds is 4. The van der Waals surface area contributed by atoms with Crippen LogP contribution >= 0.6 is 0 Å². The number of aromatic amines is 2. The smallest absolute Gasteiger partial charge is 0.112 e. The van der Waals surface area contributed by atoms with Crippen molar-refractivity contribution in [3.63, 3.8) is 0 Å². The molecular formula is C12H18N4. The van der Waals surface area contributed by atoms with Crippen LogP contribution in [0.1, 0.15) is 26.1 Å². The van der Waals surface area contributed by atoms with Crippen LogP contribution in [0.4, 0.5) is 0 Å². The number of nitrogens with zero attached hydrogens (tertiary/aromatic N) is 1.